The third-order valence-corrected chi connectivity index (χ3v) is 2.85. The van der Waals surface area contributed by atoms with E-state index in [4.69, 9.17) is 22.1 Å². The van der Waals surface area contributed by atoms with E-state index < -0.39 is 0 Å². The van der Waals surface area contributed by atoms with Crippen molar-refractivity contribution in [2.75, 3.05) is 0 Å². The molecular formula is C14H15ClN2O. The molecule has 0 unspecified atom stereocenters. The van der Waals surface area contributed by atoms with E-state index in [1.54, 1.807) is 12.1 Å². The Morgan fingerprint density at radius 1 is 1.17 bits per heavy atom. The summed E-state index contributed by atoms with van der Waals surface area (Å²) in [6.45, 7) is 4.35. The van der Waals surface area contributed by atoms with Crippen molar-refractivity contribution >= 4 is 11.6 Å². The number of aromatic nitrogens is 1. The van der Waals surface area contributed by atoms with Crippen molar-refractivity contribution in [3.63, 3.8) is 0 Å². The zero-order chi connectivity index (χ0) is 13.1. The van der Waals surface area contributed by atoms with Gasteiger partial charge in [0.15, 0.2) is 0 Å². The molecule has 2 aromatic rings. The van der Waals surface area contributed by atoms with Gasteiger partial charge in [0.1, 0.15) is 5.75 Å². The average Bonchev–Trinajstić information content (AvgIpc) is 2.30. The first-order valence-corrected chi connectivity index (χ1v) is 6.08. The summed E-state index contributed by atoms with van der Waals surface area (Å²) in [6, 6.07) is 9.50. The van der Waals surface area contributed by atoms with Crippen LogP contribution in [0.1, 0.15) is 16.8 Å². The molecule has 0 amide bonds. The van der Waals surface area contributed by atoms with Gasteiger partial charge in [0.25, 0.3) is 0 Å². The summed E-state index contributed by atoms with van der Waals surface area (Å²) < 4.78 is 5.71. The monoisotopic (exact) mass is 262 g/mol. The molecule has 4 heteroatoms. The molecule has 18 heavy (non-hydrogen) atoms. The standard InChI is InChI=1S/C14H15ClN2O/c1-9-5-10(2)7-11(6-9)18-14-4-3-12(15)13(8-16)17-14/h3-7H,8,16H2,1-2H3. The van der Waals surface area contributed by atoms with E-state index in [2.05, 4.69) is 11.1 Å². The Labute approximate surface area is 112 Å². The highest BCUT2D eigenvalue weighted by molar-refractivity contribution is 6.31. The molecule has 0 saturated carbocycles. The number of aryl methyl sites for hydroxylation is 2. The molecule has 3 nitrogen and oxygen atoms in total. The second kappa shape index (κ2) is 5.38. The number of benzene rings is 1. The number of pyridine rings is 1. The molecule has 0 atom stereocenters. The average molecular weight is 263 g/mol. The van der Waals surface area contributed by atoms with Crippen molar-refractivity contribution < 1.29 is 4.74 Å². The summed E-state index contributed by atoms with van der Waals surface area (Å²) in [5, 5.41) is 0.560. The van der Waals surface area contributed by atoms with Gasteiger partial charge in [-0.15, -0.1) is 0 Å². The van der Waals surface area contributed by atoms with E-state index in [9.17, 15) is 0 Å². The first-order chi connectivity index (χ1) is 8.58. The summed E-state index contributed by atoms with van der Waals surface area (Å²) >= 11 is 5.95. The smallest absolute Gasteiger partial charge is 0.219 e. The maximum atomic E-state index is 5.95. The summed E-state index contributed by atoms with van der Waals surface area (Å²) in [6.07, 6.45) is 0. The fraction of sp³-hybridized carbons (Fsp3) is 0.214. The minimum Gasteiger partial charge on any atom is -0.439 e. The number of nitrogens with two attached hydrogens (primary N) is 1. The first-order valence-electron chi connectivity index (χ1n) is 5.70. The van der Waals surface area contributed by atoms with Crippen molar-refractivity contribution in [1.82, 2.24) is 4.98 Å². The molecule has 1 aromatic carbocycles. The fourth-order valence-electron chi connectivity index (χ4n) is 1.78. The fourth-order valence-corrected chi connectivity index (χ4v) is 1.96. The van der Waals surface area contributed by atoms with Gasteiger partial charge in [-0.05, 0) is 43.2 Å². The Balaban J connectivity index is 2.28. The van der Waals surface area contributed by atoms with Gasteiger partial charge in [-0.3, -0.25) is 0 Å². The SMILES string of the molecule is Cc1cc(C)cc(Oc2ccc(Cl)c(CN)n2)c1. The maximum absolute atomic E-state index is 5.95. The van der Waals surface area contributed by atoms with Crippen LogP contribution in [0.4, 0.5) is 0 Å². The van der Waals surface area contributed by atoms with Gasteiger partial charge in [-0.1, -0.05) is 17.7 Å². The highest BCUT2D eigenvalue weighted by Crippen LogP contribution is 2.24. The second-order valence-corrected chi connectivity index (χ2v) is 4.61. The molecule has 0 saturated heterocycles. The number of nitrogens with zero attached hydrogens (tertiary/aromatic N) is 1. The van der Waals surface area contributed by atoms with Crippen LogP contribution in [0.3, 0.4) is 0 Å². The molecule has 2 rings (SSSR count). The second-order valence-electron chi connectivity index (χ2n) is 4.21. The lowest BCUT2D eigenvalue weighted by Crippen LogP contribution is -2.01. The molecule has 0 bridgehead atoms. The zero-order valence-electron chi connectivity index (χ0n) is 10.4. The van der Waals surface area contributed by atoms with Gasteiger partial charge < -0.3 is 10.5 Å². The molecule has 0 fully saturated rings. The highest BCUT2D eigenvalue weighted by Gasteiger charge is 2.05. The van der Waals surface area contributed by atoms with Crippen LogP contribution in [0.5, 0.6) is 11.6 Å². The van der Waals surface area contributed by atoms with Gasteiger partial charge in [-0.25, -0.2) is 4.98 Å². The van der Waals surface area contributed by atoms with Crippen LogP contribution in [0.15, 0.2) is 30.3 Å². The molecule has 94 valence electrons. The number of hydrogen-bond donors (Lipinski definition) is 1. The predicted molar refractivity (Wildman–Crippen MR) is 73.1 cm³/mol. The van der Waals surface area contributed by atoms with Crippen LogP contribution >= 0.6 is 11.6 Å². The van der Waals surface area contributed by atoms with Crippen LogP contribution in [0, 0.1) is 13.8 Å². The zero-order valence-corrected chi connectivity index (χ0v) is 11.2. The summed E-state index contributed by atoms with van der Waals surface area (Å²) in [5.41, 5.74) is 8.50. The van der Waals surface area contributed by atoms with Gasteiger partial charge in [-0.2, -0.15) is 0 Å². The van der Waals surface area contributed by atoms with Crippen LogP contribution in [-0.2, 0) is 6.54 Å². The highest BCUT2D eigenvalue weighted by atomic mass is 35.5. The molecule has 0 spiro atoms. The summed E-state index contributed by atoms with van der Waals surface area (Å²) in [7, 11) is 0. The van der Waals surface area contributed by atoms with Crippen LogP contribution in [0.2, 0.25) is 5.02 Å². The summed E-state index contributed by atoms with van der Waals surface area (Å²) in [4.78, 5) is 4.27. The van der Waals surface area contributed by atoms with E-state index in [-0.39, 0.29) is 0 Å². The van der Waals surface area contributed by atoms with Crippen molar-refractivity contribution in [3.8, 4) is 11.6 Å². The molecule has 0 aliphatic carbocycles. The first kappa shape index (κ1) is 12.9. The molecule has 1 aromatic heterocycles. The van der Waals surface area contributed by atoms with Crippen molar-refractivity contribution in [2.45, 2.75) is 20.4 Å². The van der Waals surface area contributed by atoms with Crippen molar-refractivity contribution in [2.24, 2.45) is 5.73 Å². The largest absolute Gasteiger partial charge is 0.439 e. The lowest BCUT2D eigenvalue weighted by molar-refractivity contribution is 0.460. The lowest BCUT2D eigenvalue weighted by Gasteiger charge is -2.08. The molecule has 1 heterocycles. The Morgan fingerprint density at radius 3 is 2.44 bits per heavy atom. The number of rotatable bonds is 3. The van der Waals surface area contributed by atoms with E-state index in [0.29, 0.717) is 23.1 Å². The molecule has 0 aliphatic heterocycles. The molecule has 2 N–H and O–H groups in total. The van der Waals surface area contributed by atoms with E-state index in [0.717, 1.165) is 16.9 Å². The number of hydrogen-bond acceptors (Lipinski definition) is 3. The Kier molecular flexibility index (Phi) is 3.84. The third kappa shape index (κ3) is 3.00. The van der Waals surface area contributed by atoms with E-state index in [1.165, 1.54) is 0 Å². The predicted octanol–water partition coefficient (Wildman–Crippen LogP) is 3.60. The maximum Gasteiger partial charge on any atom is 0.219 e. The number of ether oxygens (including phenoxy) is 1. The third-order valence-electron chi connectivity index (χ3n) is 2.50. The lowest BCUT2D eigenvalue weighted by atomic mass is 10.1. The van der Waals surface area contributed by atoms with E-state index in [1.807, 2.05) is 26.0 Å². The Morgan fingerprint density at radius 2 is 1.83 bits per heavy atom. The molecule has 0 aliphatic rings. The van der Waals surface area contributed by atoms with Crippen molar-refractivity contribution in [3.05, 3.63) is 52.2 Å². The number of halogens is 1. The summed E-state index contributed by atoms with van der Waals surface area (Å²) in [5.74, 6) is 1.27. The van der Waals surface area contributed by atoms with Crippen molar-refractivity contribution in [1.29, 1.82) is 0 Å². The van der Waals surface area contributed by atoms with Crippen LogP contribution in [0.25, 0.3) is 0 Å². The molecule has 0 radical (unpaired) electrons. The van der Waals surface area contributed by atoms with E-state index >= 15 is 0 Å². The topological polar surface area (TPSA) is 48.1 Å². The van der Waals surface area contributed by atoms with Crippen LogP contribution < -0.4 is 10.5 Å². The quantitative estimate of drug-likeness (QED) is 0.919. The van der Waals surface area contributed by atoms with Gasteiger partial charge in [0.2, 0.25) is 5.88 Å². The van der Waals surface area contributed by atoms with Gasteiger partial charge in [0.05, 0.1) is 10.7 Å². The van der Waals surface area contributed by atoms with Gasteiger partial charge >= 0.3 is 0 Å². The van der Waals surface area contributed by atoms with Gasteiger partial charge in [0, 0.05) is 12.6 Å². The minimum absolute atomic E-state index is 0.295. The Hall–Kier alpha value is -1.58. The minimum atomic E-state index is 0.295. The molecular weight excluding hydrogens is 248 g/mol. The normalized spacial score (nSPS) is 10.4. The van der Waals surface area contributed by atoms with Crippen LogP contribution in [-0.4, -0.2) is 4.98 Å². The Bertz CT molecular complexity index is 549.